The summed E-state index contributed by atoms with van der Waals surface area (Å²) < 4.78 is 2.42. The molecule has 0 amide bonds. The van der Waals surface area contributed by atoms with Crippen LogP contribution in [0.5, 0.6) is 0 Å². The fourth-order valence-corrected chi connectivity index (χ4v) is 8.21. The van der Waals surface area contributed by atoms with Crippen LogP contribution < -0.4 is 0 Å². The Hall–Kier alpha value is -7.17. The van der Waals surface area contributed by atoms with Crippen molar-refractivity contribution in [3.05, 3.63) is 182 Å². The molecule has 0 saturated heterocycles. The third kappa shape index (κ3) is 4.66. The van der Waals surface area contributed by atoms with Crippen LogP contribution in [-0.2, 0) is 0 Å². The fourth-order valence-electron chi connectivity index (χ4n) is 8.21. The summed E-state index contributed by atoms with van der Waals surface area (Å²) in [5, 5.41) is 5.20. The third-order valence-corrected chi connectivity index (χ3v) is 10.7. The van der Waals surface area contributed by atoms with Gasteiger partial charge in [0.05, 0.1) is 22.4 Å². The molecular weight excluding hydrogens is 645 g/mol. The lowest BCUT2D eigenvalue weighted by molar-refractivity contribution is 1.17. The van der Waals surface area contributed by atoms with E-state index in [2.05, 4.69) is 155 Å². The molecule has 0 aliphatic heterocycles. The van der Waals surface area contributed by atoms with Crippen molar-refractivity contribution in [2.45, 2.75) is 0 Å². The Morgan fingerprint density at radius 1 is 0.377 bits per heavy atom. The summed E-state index contributed by atoms with van der Waals surface area (Å²) in [5.74, 6) is 0.700. The topological polar surface area (TPSA) is 43.6 Å². The molecule has 0 saturated carbocycles. The molecule has 1 aliphatic carbocycles. The molecule has 1 aliphatic rings. The van der Waals surface area contributed by atoms with Crippen molar-refractivity contribution < 1.29 is 0 Å². The van der Waals surface area contributed by atoms with Gasteiger partial charge in [0.1, 0.15) is 0 Å². The van der Waals surface area contributed by atoms with Gasteiger partial charge in [-0.2, -0.15) is 0 Å². The molecule has 0 spiro atoms. The highest BCUT2D eigenvalue weighted by Crippen LogP contribution is 2.51. The Kier molecular flexibility index (Phi) is 6.52. The highest BCUT2D eigenvalue weighted by Gasteiger charge is 2.25. The van der Waals surface area contributed by atoms with E-state index >= 15 is 0 Å². The lowest BCUT2D eigenvalue weighted by Gasteiger charge is -2.12. The van der Waals surface area contributed by atoms with Crippen molar-refractivity contribution in [2.75, 3.05) is 0 Å². The Balaban J connectivity index is 1.05. The van der Waals surface area contributed by atoms with Crippen molar-refractivity contribution >= 4 is 32.6 Å². The number of hydrogen-bond acceptors (Lipinski definition) is 3. The fraction of sp³-hybridized carbons (Fsp3) is 0. The summed E-state index contributed by atoms with van der Waals surface area (Å²) in [5.41, 5.74) is 15.7. The van der Waals surface area contributed by atoms with Crippen molar-refractivity contribution in [2.24, 2.45) is 0 Å². The van der Waals surface area contributed by atoms with Crippen LogP contribution >= 0.6 is 0 Å². The summed E-state index contributed by atoms with van der Waals surface area (Å²) in [4.78, 5) is 14.5. The summed E-state index contributed by atoms with van der Waals surface area (Å²) in [6, 6.07) is 60.5. The highest BCUT2D eigenvalue weighted by atomic mass is 15.0. The zero-order valence-corrected chi connectivity index (χ0v) is 28.6. The van der Waals surface area contributed by atoms with Gasteiger partial charge in [0.15, 0.2) is 5.82 Å². The zero-order chi connectivity index (χ0) is 34.9. The average molecular weight is 675 g/mol. The molecule has 0 radical (unpaired) electrons. The second-order valence-electron chi connectivity index (χ2n) is 13.6. The summed E-state index contributed by atoms with van der Waals surface area (Å²) in [6.07, 6.45) is 3.69. The molecule has 4 nitrogen and oxygen atoms in total. The van der Waals surface area contributed by atoms with E-state index in [0.717, 1.165) is 44.9 Å². The Labute approximate surface area is 306 Å². The molecular formula is C49H30N4. The van der Waals surface area contributed by atoms with Gasteiger partial charge in [-0.25, -0.2) is 9.97 Å². The molecule has 246 valence electrons. The van der Waals surface area contributed by atoms with Gasteiger partial charge in [-0.15, -0.1) is 0 Å². The van der Waals surface area contributed by atoms with E-state index in [-0.39, 0.29) is 0 Å². The minimum absolute atomic E-state index is 0.700. The second-order valence-corrected chi connectivity index (χ2v) is 13.6. The number of nitrogens with zero attached hydrogens (tertiary/aromatic N) is 4. The standard InChI is InChI=1S/C49H30N4/c1-2-10-34(11-3-1)49-51-43(32-21-19-31(20-22-32)35-12-9-27-50-30-35)29-44(52-49)33-23-25-36(26-24-33)53-45-18-7-6-15-40(45)48-41-17-8-16-39-37-13-4-5-14-38(37)42(47(39)41)28-46(48)53/h1-30H. The Morgan fingerprint density at radius 3 is 1.75 bits per heavy atom. The van der Waals surface area contributed by atoms with Gasteiger partial charge >= 0.3 is 0 Å². The van der Waals surface area contributed by atoms with Gasteiger partial charge in [0.2, 0.25) is 0 Å². The second kappa shape index (κ2) is 11.7. The quantitative estimate of drug-likeness (QED) is 0.182. The van der Waals surface area contributed by atoms with Gasteiger partial charge in [0, 0.05) is 45.5 Å². The third-order valence-electron chi connectivity index (χ3n) is 10.7. The van der Waals surface area contributed by atoms with E-state index < -0.39 is 0 Å². The van der Waals surface area contributed by atoms with E-state index in [0.29, 0.717) is 5.82 Å². The molecule has 11 rings (SSSR count). The molecule has 3 heterocycles. The minimum Gasteiger partial charge on any atom is -0.309 e. The van der Waals surface area contributed by atoms with Crippen LogP contribution in [0.4, 0.5) is 0 Å². The van der Waals surface area contributed by atoms with Crippen LogP contribution in [0.2, 0.25) is 0 Å². The first kappa shape index (κ1) is 29.5. The lowest BCUT2D eigenvalue weighted by Crippen LogP contribution is -1.97. The lowest BCUT2D eigenvalue weighted by atomic mass is 9.98. The van der Waals surface area contributed by atoms with E-state index in [1.54, 1.807) is 6.20 Å². The number of hydrogen-bond donors (Lipinski definition) is 0. The van der Waals surface area contributed by atoms with Crippen LogP contribution in [0.15, 0.2) is 182 Å². The predicted molar refractivity (Wildman–Crippen MR) is 218 cm³/mol. The first-order valence-electron chi connectivity index (χ1n) is 17.9. The molecule has 53 heavy (non-hydrogen) atoms. The van der Waals surface area contributed by atoms with Crippen molar-refractivity contribution in [1.29, 1.82) is 0 Å². The minimum atomic E-state index is 0.700. The van der Waals surface area contributed by atoms with Crippen LogP contribution in [0.25, 0.3) is 106 Å². The molecule has 0 bridgehead atoms. The van der Waals surface area contributed by atoms with Gasteiger partial charge in [-0.05, 0) is 80.6 Å². The SMILES string of the molecule is c1ccc(-c2nc(-c3ccc(-c4cccnc4)cc3)cc(-c3ccc(-n4c5ccccc5c5c6cccc7c6c(cc54)-c4ccccc4-7)cc3)n2)cc1. The van der Waals surface area contributed by atoms with Crippen molar-refractivity contribution in [1.82, 2.24) is 19.5 Å². The summed E-state index contributed by atoms with van der Waals surface area (Å²) in [6.45, 7) is 0. The summed E-state index contributed by atoms with van der Waals surface area (Å²) in [7, 11) is 0. The normalized spacial score (nSPS) is 11.8. The van der Waals surface area contributed by atoms with Gasteiger partial charge in [-0.3, -0.25) is 4.98 Å². The highest BCUT2D eigenvalue weighted by molar-refractivity contribution is 6.29. The van der Waals surface area contributed by atoms with Gasteiger partial charge in [0.25, 0.3) is 0 Å². The monoisotopic (exact) mass is 674 g/mol. The summed E-state index contributed by atoms with van der Waals surface area (Å²) >= 11 is 0. The smallest absolute Gasteiger partial charge is 0.160 e. The Bertz CT molecular complexity index is 3020. The number of benzene rings is 7. The first-order chi connectivity index (χ1) is 26.3. The van der Waals surface area contributed by atoms with Crippen LogP contribution in [0.1, 0.15) is 0 Å². The van der Waals surface area contributed by atoms with Crippen LogP contribution in [-0.4, -0.2) is 19.5 Å². The van der Waals surface area contributed by atoms with E-state index in [1.807, 2.05) is 30.5 Å². The number of aromatic nitrogens is 4. The zero-order valence-electron chi connectivity index (χ0n) is 28.6. The van der Waals surface area contributed by atoms with E-state index in [4.69, 9.17) is 9.97 Å². The Morgan fingerprint density at radius 2 is 1.00 bits per heavy atom. The van der Waals surface area contributed by atoms with E-state index in [1.165, 1.54) is 54.8 Å². The maximum atomic E-state index is 5.11. The van der Waals surface area contributed by atoms with Gasteiger partial charge in [-0.1, -0.05) is 133 Å². The average Bonchev–Trinajstić information content (AvgIpc) is 3.75. The van der Waals surface area contributed by atoms with Gasteiger partial charge < -0.3 is 4.57 Å². The number of rotatable bonds is 5. The number of para-hydroxylation sites is 1. The molecule has 7 aromatic carbocycles. The van der Waals surface area contributed by atoms with E-state index in [9.17, 15) is 0 Å². The molecule has 0 N–H and O–H groups in total. The first-order valence-corrected chi connectivity index (χ1v) is 17.9. The number of pyridine rings is 1. The molecule has 0 fully saturated rings. The molecule has 0 unspecified atom stereocenters. The van der Waals surface area contributed by atoms with Crippen LogP contribution in [0, 0.1) is 0 Å². The largest absolute Gasteiger partial charge is 0.309 e. The molecule has 4 heteroatoms. The predicted octanol–water partition coefficient (Wildman–Crippen LogP) is 12.4. The number of fused-ring (bicyclic) bond motifs is 7. The maximum absolute atomic E-state index is 5.11. The molecule has 3 aromatic heterocycles. The van der Waals surface area contributed by atoms with Crippen molar-refractivity contribution in [3.63, 3.8) is 0 Å². The maximum Gasteiger partial charge on any atom is 0.160 e. The van der Waals surface area contributed by atoms with Crippen molar-refractivity contribution in [3.8, 4) is 73.0 Å². The molecule has 0 atom stereocenters. The van der Waals surface area contributed by atoms with Crippen LogP contribution in [0.3, 0.4) is 0 Å². The molecule has 10 aromatic rings.